The molecule has 0 unspecified atom stereocenters. The second kappa shape index (κ2) is 9.26. The van der Waals surface area contributed by atoms with Gasteiger partial charge in [-0.1, -0.05) is 19.9 Å². The van der Waals surface area contributed by atoms with Gasteiger partial charge in [-0.05, 0) is 60.9 Å². The molecule has 0 radical (unpaired) electrons. The summed E-state index contributed by atoms with van der Waals surface area (Å²) in [6.07, 6.45) is 2.90. The number of fused-ring (bicyclic) bond motifs is 1. The van der Waals surface area contributed by atoms with Crippen molar-refractivity contribution in [1.82, 2.24) is 25.5 Å². The van der Waals surface area contributed by atoms with E-state index in [0.717, 1.165) is 23.2 Å². The molecule has 8 nitrogen and oxygen atoms in total. The molecule has 4 aromatic rings. The lowest BCUT2D eigenvalue weighted by Crippen LogP contribution is -2.24. The minimum atomic E-state index is -3.43. The summed E-state index contributed by atoms with van der Waals surface area (Å²) in [7, 11) is -3.43. The summed E-state index contributed by atoms with van der Waals surface area (Å²) >= 11 is 0. The summed E-state index contributed by atoms with van der Waals surface area (Å²) in [5.74, 6) is -0.0879. The van der Waals surface area contributed by atoms with Crippen LogP contribution in [0.1, 0.15) is 47.1 Å². The molecule has 9 heteroatoms. The Bertz CT molecular complexity index is 1500. The number of carbonyl (C=O) groups is 1. The van der Waals surface area contributed by atoms with E-state index in [1.165, 1.54) is 6.07 Å². The van der Waals surface area contributed by atoms with Gasteiger partial charge in [0.1, 0.15) is 5.52 Å². The summed E-state index contributed by atoms with van der Waals surface area (Å²) in [5, 5.41) is 11.2. The Morgan fingerprint density at radius 3 is 2.53 bits per heavy atom. The molecule has 3 aromatic heterocycles. The van der Waals surface area contributed by atoms with Gasteiger partial charge in [0.25, 0.3) is 5.91 Å². The topological polar surface area (TPSA) is 115 Å². The maximum Gasteiger partial charge on any atom is 0.251 e. The fourth-order valence-corrected chi connectivity index (χ4v) is 4.54. The van der Waals surface area contributed by atoms with Crippen molar-refractivity contribution >= 4 is 26.8 Å². The van der Waals surface area contributed by atoms with E-state index in [-0.39, 0.29) is 17.0 Å². The molecule has 0 atom stereocenters. The summed E-state index contributed by atoms with van der Waals surface area (Å²) in [6, 6.07) is 14.1. The van der Waals surface area contributed by atoms with Gasteiger partial charge in [-0.25, -0.2) is 13.4 Å². The Kier molecular flexibility index (Phi) is 6.39. The number of amides is 1. The SMILES string of the molecule is Cc1ccc(C(=O)NCc2cc3nc(-c4ccnc(C(C)C)c4)ccc3nn2)cc1S(C)(=O)=O. The van der Waals surface area contributed by atoms with Gasteiger partial charge in [-0.2, -0.15) is 5.10 Å². The molecule has 0 spiro atoms. The van der Waals surface area contributed by atoms with Crippen molar-refractivity contribution in [2.45, 2.75) is 38.1 Å². The lowest BCUT2D eigenvalue weighted by Gasteiger charge is -2.09. The van der Waals surface area contributed by atoms with Crippen LogP contribution in [0, 0.1) is 6.92 Å². The van der Waals surface area contributed by atoms with Crippen LogP contribution in [0.2, 0.25) is 0 Å². The predicted octanol–water partition coefficient (Wildman–Crippen LogP) is 3.85. The molecule has 174 valence electrons. The monoisotopic (exact) mass is 475 g/mol. The van der Waals surface area contributed by atoms with Crippen LogP contribution in [-0.4, -0.2) is 40.7 Å². The molecular formula is C25H25N5O3S. The number of nitrogens with one attached hydrogen (secondary N) is 1. The maximum atomic E-state index is 12.6. The van der Waals surface area contributed by atoms with Gasteiger partial charge in [0.15, 0.2) is 9.84 Å². The molecule has 1 amide bonds. The number of hydrogen-bond donors (Lipinski definition) is 1. The number of sulfone groups is 1. The summed E-state index contributed by atoms with van der Waals surface area (Å²) in [6.45, 7) is 6.01. The Hall–Kier alpha value is -3.72. The first kappa shape index (κ1) is 23.4. The third-order valence-electron chi connectivity index (χ3n) is 5.44. The second-order valence-electron chi connectivity index (χ2n) is 8.50. The molecule has 0 aliphatic carbocycles. The predicted molar refractivity (Wildman–Crippen MR) is 130 cm³/mol. The first-order chi connectivity index (χ1) is 16.1. The highest BCUT2D eigenvalue weighted by Crippen LogP contribution is 2.23. The molecule has 3 heterocycles. The fourth-order valence-electron chi connectivity index (χ4n) is 3.55. The van der Waals surface area contributed by atoms with Gasteiger partial charge >= 0.3 is 0 Å². The largest absolute Gasteiger partial charge is 0.346 e. The number of hydrogen-bond acceptors (Lipinski definition) is 7. The van der Waals surface area contributed by atoms with E-state index < -0.39 is 15.7 Å². The van der Waals surface area contributed by atoms with Crippen molar-refractivity contribution in [2.75, 3.05) is 6.26 Å². The third-order valence-corrected chi connectivity index (χ3v) is 6.68. The number of benzene rings is 1. The molecule has 1 aromatic carbocycles. The van der Waals surface area contributed by atoms with Crippen molar-refractivity contribution in [3.05, 3.63) is 77.2 Å². The van der Waals surface area contributed by atoms with Crippen LogP contribution >= 0.6 is 0 Å². The van der Waals surface area contributed by atoms with Crippen molar-refractivity contribution in [1.29, 1.82) is 0 Å². The van der Waals surface area contributed by atoms with Gasteiger partial charge in [0, 0.05) is 29.3 Å². The van der Waals surface area contributed by atoms with Gasteiger partial charge in [-0.3, -0.25) is 9.78 Å². The van der Waals surface area contributed by atoms with E-state index in [2.05, 4.69) is 34.3 Å². The second-order valence-corrected chi connectivity index (χ2v) is 10.5. The lowest BCUT2D eigenvalue weighted by atomic mass is 10.1. The number of rotatable bonds is 6. The zero-order valence-corrected chi connectivity index (χ0v) is 20.2. The average Bonchev–Trinajstić information content (AvgIpc) is 2.81. The van der Waals surface area contributed by atoms with Crippen molar-refractivity contribution < 1.29 is 13.2 Å². The van der Waals surface area contributed by atoms with Crippen LogP contribution in [0.25, 0.3) is 22.3 Å². The fraction of sp³-hybridized carbons (Fsp3) is 0.240. The van der Waals surface area contributed by atoms with E-state index in [1.807, 2.05) is 24.3 Å². The highest BCUT2D eigenvalue weighted by molar-refractivity contribution is 7.90. The number of pyridine rings is 2. The molecule has 1 N–H and O–H groups in total. The summed E-state index contributed by atoms with van der Waals surface area (Å²) in [5.41, 5.74) is 5.46. The first-order valence-corrected chi connectivity index (χ1v) is 12.7. The molecule has 4 rings (SSSR count). The Labute approximate surface area is 198 Å². The van der Waals surface area contributed by atoms with Gasteiger partial charge in [0.2, 0.25) is 0 Å². The van der Waals surface area contributed by atoms with Gasteiger partial charge in [-0.15, -0.1) is 5.10 Å². The van der Waals surface area contributed by atoms with Crippen molar-refractivity contribution in [3.63, 3.8) is 0 Å². The molecule has 0 aliphatic rings. The molecule has 0 bridgehead atoms. The van der Waals surface area contributed by atoms with Crippen LogP contribution in [0.3, 0.4) is 0 Å². The van der Waals surface area contributed by atoms with Gasteiger partial charge in [0.05, 0.1) is 28.3 Å². The average molecular weight is 476 g/mol. The lowest BCUT2D eigenvalue weighted by molar-refractivity contribution is 0.0950. The molecule has 34 heavy (non-hydrogen) atoms. The van der Waals surface area contributed by atoms with Gasteiger partial charge < -0.3 is 5.32 Å². The van der Waals surface area contributed by atoms with Crippen LogP contribution in [0.4, 0.5) is 0 Å². The maximum absolute atomic E-state index is 12.6. The Morgan fingerprint density at radius 1 is 1.00 bits per heavy atom. The summed E-state index contributed by atoms with van der Waals surface area (Å²) in [4.78, 5) is 21.9. The minimum Gasteiger partial charge on any atom is -0.346 e. The number of carbonyl (C=O) groups excluding carboxylic acids is 1. The van der Waals surface area contributed by atoms with E-state index >= 15 is 0 Å². The molecule has 0 aliphatic heterocycles. The highest BCUT2D eigenvalue weighted by Gasteiger charge is 2.15. The Morgan fingerprint density at radius 2 is 1.79 bits per heavy atom. The van der Waals surface area contributed by atoms with Crippen LogP contribution in [0.15, 0.2) is 59.6 Å². The number of aromatic nitrogens is 4. The zero-order chi connectivity index (χ0) is 24.5. The van der Waals surface area contributed by atoms with Crippen LogP contribution in [-0.2, 0) is 16.4 Å². The van der Waals surface area contributed by atoms with E-state index in [4.69, 9.17) is 4.98 Å². The van der Waals surface area contributed by atoms with Crippen LogP contribution < -0.4 is 5.32 Å². The quantitative estimate of drug-likeness (QED) is 0.450. The van der Waals surface area contributed by atoms with E-state index in [0.29, 0.717) is 28.2 Å². The standard InChI is InChI=1S/C25H25N5O3S/c1-15(2)22-11-17(9-10-26-22)20-7-8-21-23(28-20)13-19(29-30-21)14-27-25(31)18-6-5-16(3)24(12-18)34(4,32)33/h5-13,15H,14H2,1-4H3,(H,27,31). The molecule has 0 saturated carbocycles. The molecule has 0 fully saturated rings. The number of nitrogens with zero attached hydrogens (tertiary/aromatic N) is 4. The zero-order valence-electron chi connectivity index (χ0n) is 19.4. The van der Waals surface area contributed by atoms with Crippen molar-refractivity contribution in [2.24, 2.45) is 0 Å². The van der Waals surface area contributed by atoms with Crippen LogP contribution in [0.5, 0.6) is 0 Å². The minimum absolute atomic E-state index is 0.128. The van der Waals surface area contributed by atoms with E-state index in [9.17, 15) is 13.2 Å². The number of aryl methyl sites for hydroxylation is 1. The summed E-state index contributed by atoms with van der Waals surface area (Å²) < 4.78 is 23.9. The molecular weight excluding hydrogens is 450 g/mol. The van der Waals surface area contributed by atoms with Crippen molar-refractivity contribution in [3.8, 4) is 11.3 Å². The third kappa shape index (κ3) is 5.09. The smallest absolute Gasteiger partial charge is 0.251 e. The highest BCUT2D eigenvalue weighted by atomic mass is 32.2. The molecule has 0 saturated heterocycles. The Balaban J connectivity index is 1.55. The van der Waals surface area contributed by atoms with E-state index in [1.54, 1.807) is 31.3 Å². The normalized spacial score (nSPS) is 11.7. The first-order valence-electron chi connectivity index (χ1n) is 10.8.